The molecule has 1 atom stereocenters. The van der Waals surface area contributed by atoms with Crippen LogP contribution in [0.3, 0.4) is 0 Å². The number of benzene rings is 2. The molecule has 27 heavy (non-hydrogen) atoms. The van der Waals surface area contributed by atoms with Crippen molar-refractivity contribution in [3.63, 3.8) is 0 Å². The number of hydrogen-bond acceptors (Lipinski definition) is 5. The van der Waals surface area contributed by atoms with Gasteiger partial charge in [0.2, 0.25) is 0 Å². The van der Waals surface area contributed by atoms with Crippen LogP contribution in [-0.4, -0.2) is 28.0 Å². The number of carbonyl (C=O) groups excluding carboxylic acids is 1. The average Bonchev–Trinajstić information content (AvgIpc) is 3.13. The van der Waals surface area contributed by atoms with E-state index in [1.807, 2.05) is 55.5 Å². The van der Waals surface area contributed by atoms with Crippen LogP contribution in [0.4, 0.5) is 5.69 Å². The van der Waals surface area contributed by atoms with Gasteiger partial charge in [-0.15, -0.1) is 5.10 Å². The molecule has 138 valence electrons. The zero-order valence-electron chi connectivity index (χ0n) is 15.2. The highest BCUT2D eigenvalue weighted by Crippen LogP contribution is 2.28. The smallest absolute Gasteiger partial charge is 0.278 e. The van der Waals surface area contributed by atoms with E-state index in [-0.39, 0.29) is 18.6 Å². The first-order valence-corrected chi connectivity index (χ1v) is 8.70. The van der Waals surface area contributed by atoms with Crippen LogP contribution >= 0.6 is 0 Å². The third-order valence-electron chi connectivity index (χ3n) is 4.61. The summed E-state index contributed by atoms with van der Waals surface area (Å²) in [7, 11) is 1.64. The summed E-state index contributed by atoms with van der Waals surface area (Å²) in [5.41, 5.74) is 3.86. The van der Waals surface area contributed by atoms with E-state index >= 15 is 0 Å². The second kappa shape index (κ2) is 7.20. The minimum Gasteiger partial charge on any atom is -0.497 e. The Bertz CT molecular complexity index is 948. The Morgan fingerprint density at radius 3 is 2.63 bits per heavy atom. The molecule has 1 N–H and O–H groups in total. The molecule has 0 bridgehead atoms. The minimum absolute atomic E-state index is 0.141. The van der Waals surface area contributed by atoms with Crippen molar-refractivity contribution in [2.45, 2.75) is 26.2 Å². The third-order valence-corrected chi connectivity index (χ3v) is 4.61. The first-order valence-electron chi connectivity index (χ1n) is 8.70. The SMILES string of the molecule is COc1ccc([C@H]2Cn3nnc(C(=O)Nc4ccc(C)cc4)c3CO2)cc1. The standard InChI is InChI=1S/C20H20N4O3/c1-13-3-7-15(8-4-13)21-20(25)19-17-12-27-18(11-24(17)23-22-19)14-5-9-16(26-2)10-6-14/h3-10,18H,11-12H2,1-2H3,(H,21,25)/t18-/m1/s1. The Labute approximate surface area is 156 Å². The van der Waals surface area contributed by atoms with E-state index in [1.54, 1.807) is 11.8 Å². The van der Waals surface area contributed by atoms with E-state index < -0.39 is 0 Å². The molecule has 0 radical (unpaired) electrons. The Kier molecular flexibility index (Phi) is 4.60. The van der Waals surface area contributed by atoms with Crippen LogP contribution in [0.25, 0.3) is 0 Å². The van der Waals surface area contributed by atoms with Crippen molar-refractivity contribution in [1.29, 1.82) is 0 Å². The van der Waals surface area contributed by atoms with Gasteiger partial charge >= 0.3 is 0 Å². The van der Waals surface area contributed by atoms with Gasteiger partial charge in [0.25, 0.3) is 5.91 Å². The molecule has 1 aromatic heterocycles. The Morgan fingerprint density at radius 2 is 1.93 bits per heavy atom. The molecule has 0 saturated heterocycles. The fourth-order valence-corrected chi connectivity index (χ4v) is 3.04. The summed E-state index contributed by atoms with van der Waals surface area (Å²) in [6, 6.07) is 15.3. The highest BCUT2D eigenvalue weighted by molar-refractivity contribution is 6.03. The number of anilines is 1. The predicted molar refractivity (Wildman–Crippen MR) is 99.7 cm³/mol. The molecule has 4 rings (SSSR count). The summed E-state index contributed by atoms with van der Waals surface area (Å²) in [4.78, 5) is 12.6. The Morgan fingerprint density at radius 1 is 1.19 bits per heavy atom. The van der Waals surface area contributed by atoms with E-state index in [9.17, 15) is 4.79 Å². The number of ether oxygens (including phenoxy) is 2. The maximum Gasteiger partial charge on any atom is 0.278 e. The summed E-state index contributed by atoms with van der Waals surface area (Å²) < 4.78 is 12.9. The van der Waals surface area contributed by atoms with E-state index in [2.05, 4.69) is 15.6 Å². The van der Waals surface area contributed by atoms with Gasteiger partial charge in [0.1, 0.15) is 11.9 Å². The third kappa shape index (κ3) is 3.54. The second-order valence-corrected chi connectivity index (χ2v) is 6.46. The van der Waals surface area contributed by atoms with Gasteiger partial charge in [0, 0.05) is 5.69 Å². The number of rotatable bonds is 4. The largest absolute Gasteiger partial charge is 0.497 e. The molecule has 0 spiro atoms. The van der Waals surface area contributed by atoms with Gasteiger partial charge in [-0.2, -0.15) is 0 Å². The number of methoxy groups -OCH3 is 1. The Balaban J connectivity index is 1.49. The predicted octanol–water partition coefficient (Wildman–Crippen LogP) is 3.12. The summed E-state index contributed by atoms with van der Waals surface area (Å²) in [6.07, 6.45) is -0.141. The molecule has 1 amide bonds. The second-order valence-electron chi connectivity index (χ2n) is 6.46. The lowest BCUT2D eigenvalue weighted by Crippen LogP contribution is -2.24. The van der Waals surface area contributed by atoms with Gasteiger partial charge in [-0.25, -0.2) is 4.68 Å². The van der Waals surface area contributed by atoms with Crippen molar-refractivity contribution in [2.75, 3.05) is 12.4 Å². The molecule has 1 aliphatic rings. The minimum atomic E-state index is -0.286. The molecular weight excluding hydrogens is 344 g/mol. The van der Waals surface area contributed by atoms with Gasteiger partial charge in [-0.1, -0.05) is 35.0 Å². The van der Waals surface area contributed by atoms with Crippen LogP contribution in [0.2, 0.25) is 0 Å². The molecule has 2 aromatic carbocycles. The van der Waals surface area contributed by atoms with Gasteiger partial charge < -0.3 is 14.8 Å². The molecule has 1 aliphatic heterocycles. The lowest BCUT2D eigenvalue weighted by atomic mass is 10.1. The maximum atomic E-state index is 12.6. The average molecular weight is 364 g/mol. The van der Waals surface area contributed by atoms with Gasteiger partial charge in [-0.3, -0.25) is 4.79 Å². The van der Waals surface area contributed by atoms with Crippen molar-refractivity contribution >= 4 is 11.6 Å². The fraction of sp³-hybridized carbons (Fsp3) is 0.250. The monoisotopic (exact) mass is 364 g/mol. The van der Waals surface area contributed by atoms with Crippen molar-refractivity contribution in [1.82, 2.24) is 15.0 Å². The topological polar surface area (TPSA) is 78.3 Å². The van der Waals surface area contributed by atoms with Crippen molar-refractivity contribution in [3.05, 3.63) is 71.0 Å². The molecule has 3 aromatic rings. The number of amides is 1. The van der Waals surface area contributed by atoms with Crippen molar-refractivity contribution < 1.29 is 14.3 Å². The molecule has 7 nitrogen and oxygen atoms in total. The quantitative estimate of drug-likeness (QED) is 0.770. The first kappa shape index (κ1) is 17.2. The van der Waals surface area contributed by atoms with Crippen LogP contribution in [0.5, 0.6) is 5.75 Å². The number of aromatic nitrogens is 3. The van der Waals surface area contributed by atoms with Gasteiger partial charge in [-0.05, 0) is 36.8 Å². The van der Waals surface area contributed by atoms with Crippen LogP contribution in [0.15, 0.2) is 48.5 Å². The maximum absolute atomic E-state index is 12.6. The molecule has 0 aliphatic carbocycles. The van der Waals surface area contributed by atoms with E-state index in [1.165, 1.54) is 0 Å². The van der Waals surface area contributed by atoms with E-state index in [0.717, 1.165) is 22.6 Å². The summed E-state index contributed by atoms with van der Waals surface area (Å²) in [5.74, 6) is 0.512. The zero-order chi connectivity index (χ0) is 18.8. The molecule has 2 heterocycles. The van der Waals surface area contributed by atoms with E-state index in [0.29, 0.717) is 17.9 Å². The van der Waals surface area contributed by atoms with Crippen molar-refractivity contribution in [3.8, 4) is 5.75 Å². The first-order chi connectivity index (χ1) is 13.1. The highest BCUT2D eigenvalue weighted by Gasteiger charge is 2.27. The number of carbonyl (C=O) groups is 1. The molecular formula is C20H20N4O3. The van der Waals surface area contributed by atoms with E-state index in [4.69, 9.17) is 9.47 Å². The summed E-state index contributed by atoms with van der Waals surface area (Å²) >= 11 is 0. The molecule has 0 fully saturated rings. The van der Waals surface area contributed by atoms with Gasteiger partial charge in [0.05, 0.1) is 26.0 Å². The molecule has 7 heteroatoms. The summed E-state index contributed by atoms with van der Waals surface area (Å²) in [6.45, 7) is 2.78. The van der Waals surface area contributed by atoms with Crippen LogP contribution in [-0.2, 0) is 17.9 Å². The molecule has 0 saturated carbocycles. The van der Waals surface area contributed by atoms with Crippen LogP contribution < -0.4 is 10.1 Å². The normalized spacial score (nSPS) is 15.9. The Hall–Kier alpha value is -3.19. The number of fused-ring (bicyclic) bond motifs is 1. The number of aryl methyl sites for hydroxylation is 1. The number of nitrogens with one attached hydrogen (secondary N) is 1. The number of hydrogen-bond donors (Lipinski definition) is 1. The lowest BCUT2D eigenvalue weighted by molar-refractivity contribution is -0.00173. The zero-order valence-corrected chi connectivity index (χ0v) is 15.2. The van der Waals surface area contributed by atoms with Crippen LogP contribution in [0.1, 0.15) is 33.4 Å². The highest BCUT2D eigenvalue weighted by atomic mass is 16.5. The van der Waals surface area contributed by atoms with Crippen molar-refractivity contribution in [2.24, 2.45) is 0 Å². The lowest BCUT2D eigenvalue weighted by Gasteiger charge is -2.24. The fourth-order valence-electron chi connectivity index (χ4n) is 3.04. The van der Waals surface area contributed by atoms with Crippen LogP contribution in [0, 0.1) is 6.92 Å². The molecule has 0 unspecified atom stereocenters. The summed E-state index contributed by atoms with van der Waals surface area (Å²) in [5, 5.41) is 11.1. The van der Waals surface area contributed by atoms with Gasteiger partial charge in [0.15, 0.2) is 5.69 Å². The number of nitrogens with zero attached hydrogens (tertiary/aromatic N) is 3.